The standard InChI is InChI=1S/C14H10ClN3O2S/c1-7-6-21-14(16-7)11-17-12(19)10(13(20)18-11)8-3-2-4-9(15)5-8/h2-6H,1H3,(H2,17,18,19,20). The number of aromatic hydroxyl groups is 1. The SMILES string of the molecule is Cc1csc(-c2nc(O)c(-c3cccc(Cl)c3)c(=O)[nH]2)n1. The van der Waals surface area contributed by atoms with Crippen LogP contribution in [0.25, 0.3) is 22.0 Å². The van der Waals surface area contributed by atoms with Crippen LogP contribution in [-0.2, 0) is 0 Å². The second-order valence-corrected chi connectivity index (χ2v) is 5.71. The number of aromatic amines is 1. The molecule has 0 fully saturated rings. The van der Waals surface area contributed by atoms with Crippen molar-refractivity contribution in [3.63, 3.8) is 0 Å². The lowest BCUT2D eigenvalue weighted by molar-refractivity contribution is 0.454. The maximum absolute atomic E-state index is 12.2. The molecule has 0 spiro atoms. The third-order valence-corrected chi connectivity index (χ3v) is 4.04. The van der Waals surface area contributed by atoms with Crippen molar-refractivity contribution in [1.29, 1.82) is 0 Å². The number of benzene rings is 1. The average Bonchev–Trinajstić information content (AvgIpc) is 2.85. The molecule has 5 nitrogen and oxygen atoms in total. The molecular weight excluding hydrogens is 310 g/mol. The molecule has 1 aromatic carbocycles. The number of H-pyrrole nitrogens is 1. The zero-order valence-corrected chi connectivity index (χ0v) is 12.5. The van der Waals surface area contributed by atoms with E-state index in [-0.39, 0.29) is 17.3 Å². The minimum Gasteiger partial charge on any atom is -0.493 e. The van der Waals surface area contributed by atoms with Gasteiger partial charge in [-0.25, -0.2) is 4.98 Å². The lowest BCUT2D eigenvalue weighted by atomic mass is 10.1. The average molecular weight is 320 g/mol. The molecule has 2 heterocycles. The monoisotopic (exact) mass is 319 g/mol. The summed E-state index contributed by atoms with van der Waals surface area (Å²) >= 11 is 7.25. The summed E-state index contributed by atoms with van der Waals surface area (Å²) in [4.78, 5) is 23.1. The molecule has 106 valence electrons. The molecule has 0 aliphatic rings. The van der Waals surface area contributed by atoms with Gasteiger partial charge in [-0.1, -0.05) is 23.7 Å². The summed E-state index contributed by atoms with van der Waals surface area (Å²) in [5.74, 6) is -0.0924. The highest BCUT2D eigenvalue weighted by Gasteiger charge is 2.15. The Bertz CT molecular complexity index is 873. The third kappa shape index (κ3) is 2.68. The second kappa shape index (κ2) is 5.31. The van der Waals surface area contributed by atoms with Crippen LogP contribution >= 0.6 is 22.9 Å². The number of hydrogen-bond donors (Lipinski definition) is 2. The van der Waals surface area contributed by atoms with Gasteiger partial charge in [0, 0.05) is 16.1 Å². The van der Waals surface area contributed by atoms with E-state index in [1.54, 1.807) is 24.3 Å². The van der Waals surface area contributed by atoms with Gasteiger partial charge < -0.3 is 10.1 Å². The highest BCUT2D eigenvalue weighted by Crippen LogP contribution is 2.28. The topological polar surface area (TPSA) is 78.9 Å². The second-order valence-electron chi connectivity index (χ2n) is 4.42. The number of rotatable bonds is 2. The van der Waals surface area contributed by atoms with E-state index in [0.29, 0.717) is 15.6 Å². The van der Waals surface area contributed by atoms with Crippen molar-refractivity contribution in [3.8, 4) is 27.8 Å². The molecule has 3 aromatic rings. The molecular formula is C14H10ClN3O2S. The van der Waals surface area contributed by atoms with Crippen molar-refractivity contribution in [1.82, 2.24) is 15.0 Å². The van der Waals surface area contributed by atoms with Gasteiger partial charge in [0.2, 0.25) is 5.88 Å². The van der Waals surface area contributed by atoms with Gasteiger partial charge in [0.1, 0.15) is 5.56 Å². The molecule has 0 radical (unpaired) electrons. The molecule has 21 heavy (non-hydrogen) atoms. The molecule has 0 unspecified atom stereocenters. The Labute approximate surface area is 128 Å². The molecule has 0 aliphatic heterocycles. The molecule has 0 atom stereocenters. The number of hydrogen-bond acceptors (Lipinski definition) is 5. The molecule has 0 amide bonds. The number of thiazole rings is 1. The van der Waals surface area contributed by atoms with Crippen LogP contribution in [0.5, 0.6) is 5.88 Å². The highest BCUT2D eigenvalue weighted by molar-refractivity contribution is 7.13. The van der Waals surface area contributed by atoms with E-state index < -0.39 is 5.56 Å². The molecule has 0 bridgehead atoms. The van der Waals surface area contributed by atoms with Crippen molar-refractivity contribution in [2.24, 2.45) is 0 Å². The summed E-state index contributed by atoms with van der Waals surface area (Å²) in [6, 6.07) is 6.68. The van der Waals surface area contributed by atoms with Gasteiger partial charge in [0.25, 0.3) is 5.56 Å². The lowest BCUT2D eigenvalue weighted by Crippen LogP contribution is -2.12. The van der Waals surface area contributed by atoms with Gasteiger partial charge in [0.05, 0.1) is 0 Å². The minimum absolute atomic E-state index is 0.0922. The van der Waals surface area contributed by atoms with Gasteiger partial charge in [-0.2, -0.15) is 4.98 Å². The Morgan fingerprint density at radius 1 is 1.33 bits per heavy atom. The van der Waals surface area contributed by atoms with E-state index in [0.717, 1.165) is 5.69 Å². The van der Waals surface area contributed by atoms with Crippen LogP contribution < -0.4 is 5.56 Å². The van der Waals surface area contributed by atoms with E-state index in [4.69, 9.17) is 11.6 Å². The van der Waals surface area contributed by atoms with E-state index in [2.05, 4.69) is 15.0 Å². The summed E-state index contributed by atoms with van der Waals surface area (Å²) in [7, 11) is 0. The first-order valence-corrected chi connectivity index (χ1v) is 7.32. The van der Waals surface area contributed by atoms with Crippen LogP contribution in [0.4, 0.5) is 0 Å². The van der Waals surface area contributed by atoms with Gasteiger partial charge in [-0.05, 0) is 24.6 Å². The molecule has 0 saturated heterocycles. The van der Waals surface area contributed by atoms with Crippen molar-refractivity contribution in [2.45, 2.75) is 6.92 Å². The van der Waals surface area contributed by atoms with E-state index in [1.807, 2.05) is 12.3 Å². The van der Waals surface area contributed by atoms with Gasteiger partial charge >= 0.3 is 0 Å². The molecule has 7 heteroatoms. The molecule has 3 rings (SSSR count). The summed E-state index contributed by atoms with van der Waals surface area (Å²) in [5, 5.41) is 13.0. The van der Waals surface area contributed by atoms with Crippen LogP contribution in [0.3, 0.4) is 0 Å². The first-order chi connectivity index (χ1) is 10.0. The maximum atomic E-state index is 12.2. The zero-order valence-electron chi connectivity index (χ0n) is 10.9. The smallest absolute Gasteiger partial charge is 0.263 e. The zero-order chi connectivity index (χ0) is 15.0. The molecule has 0 saturated carbocycles. The van der Waals surface area contributed by atoms with Crippen molar-refractivity contribution in [2.75, 3.05) is 0 Å². The fourth-order valence-corrected chi connectivity index (χ4v) is 2.86. The van der Waals surface area contributed by atoms with Crippen LogP contribution in [0.2, 0.25) is 5.02 Å². The van der Waals surface area contributed by atoms with E-state index in [9.17, 15) is 9.90 Å². The molecule has 2 N–H and O–H groups in total. The number of aryl methyl sites for hydroxylation is 1. The summed E-state index contributed by atoms with van der Waals surface area (Å²) in [6.07, 6.45) is 0. The number of halogens is 1. The summed E-state index contributed by atoms with van der Waals surface area (Å²) in [6.45, 7) is 1.85. The first kappa shape index (κ1) is 13.8. The highest BCUT2D eigenvalue weighted by atomic mass is 35.5. The van der Waals surface area contributed by atoms with Crippen LogP contribution in [0.15, 0.2) is 34.4 Å². The minimum atomic E-state index is -0.437. The van der Waals surface area contributed by atoms with E-state index in [1.165, 1.54) is 11.3 Å². The molecule has 2 aromatic heterocycles. The number of aromatic nitrogens is 3. The number of nitrogens with zero attached hydrogens (tertiary/aromatic N) is 2. The predicted octanol–water partition coefficient (Wildman–Crippen LogP) is 3.23. The van der Waals surface area contributed by atoms with Gasteiger partial charge in [-0.15, -0.1) is 11.3 Å². The number of nitrogens with one attached hydrogen (secondary N) is 1. The van der Waals surface area contributed by atoms with Crippen molar-refractivity contribution >= 4 is 22.9 Å². The Kier molecular flexibility index (Phi) is 3.48. The Morgan fingerprint density at radius 3 is 2.76 bits per heavy atom. The summed E-state index contributed by atoms with van der Waals surface area (Å²) < 4.78 is 0. The van der Waals surface area contributed by atoms with Crippen LogP contribution in [0.1, 0.15) is 5.69 Å². The lowest BCUT2D eigenvalue weighted by Gasteiger charge is -2.05. The fourth-order valence-electron chi connectivity index (χ4n) is 1.93. The third-order valence-electron chi connectivity index (χ3n) is 2.84. The Hall–Kier alpha value is -2.18. The first-order valence-electron chi connectivity index (χ1n) is 6.06. The molecule has 0 aliphatic carbocycles. The van der Waals surface area contributed by atoms with Gasteiger partial charge in [0.15, 0.2) is 10.8 Å². The largest absolute Gasteiger partial charge is 0.493 e. The van der Waals surface area contributed by atoms with Crippen LogP contribution in [-0.4, -0.2) is 20.1 Å². The quantitative estimate of drug-likeness (QED) is 0.760. The fraction of sp³-hybridized carbons (Fsp3) is 0.0714. The Morgan fingerprint density at radius 2 is 2.14 bits per heavy atom. The maximum Gasteiger partial charge on any atom is 0.263 e. The predicted molar refractivity (Wildman–Crippen MR) is 82.8 cm³/mol. The van der Waals surface area contributed by atoms with Gasteiger partial charge in [-0.3, -0.25) is 4.79 Å². The van der Waals surface area contributed by atoms with Crippen LogP contribution in [0, 0.1) is 6.92 Å². The Balaban J connectivity index is 2.15. The summed E-state index contributed by atoms with van der Waals surface area (Å²) in [5.41, 5.74) is 0.994. The van der Waals surface area contributed by atoms with Crippen molar-refractivity contribution < 1.29 is 5.11 Å². The normalized spacial score (nSPS) is 10.8. The van der Waals surface area contributed by atoms with E-state index >= 15 is 0 Å². The van der Waals surface area contributed by atoms with Crippen molar-refractivity contribution in [3.05, 3.63) is 50.7 Å².